The van der Waals surface area contributed by atoms with Crippen LogP contribution in [0, 0.1) is 0 Å². The summed E-state index contributed by atoms with van der Waals surface area (Å²) in [5.41, 5.74) is 9.22. The second-order valence-corrected chi connectivity index (χ2v) is 12.3. The van der Waals surface area contributed by atoms with Crippen LogP contribution in [0.1, 0.15) is 0 Å². The highest BCUT2D eigenvalue weighted by Gasteiger charge is 2.17. The molecule has 0 aliphatic heterocycles. The van der Waals surface area contributed by atoms with E-state index < -0.39 is 0 Å². The van der Waals surface area contributed by atoms with Gasteiger partial charge in [-0.25, -0.2) is 9.97 Å². The van der Waals surface area contributed by atoms with E-state index >= 15 is 0 Å². The van der Waals surface area contributed by atoms with Crippen molar-refractivity contribution in [1.29, 1.82) is 0 Å². The Morgan fingerprint density at radius 1 is 0.362 bits per heavy atom. The molecule has 2 heterocycles. The van der Waals surface area contributed by atoms with Gasteiger partial charge in [0.25, 0.3) is 0 Å². The Bertz CT molecular complexity index is 2740. The fourth-order valence-electron chi connectivity index (χ4n) is 7.23. The quantitative estimate of drug-likeness (QED) is 0.190. The fraction of sp³-hybridized carbons (Fsp3) is 0. The number of fused-ring (bicyclic) bond motifs is 8. The highest BCUT2D eigenvalue weighted by atomic mass is 15.0. The summed E-state index contributed by atoms with van der Waals surface area (Å²) in [6, 6.07) is 58.4. The van der Waals surface area contributed by atoms with Gasteiger partial charge in [-0.15, -0.1) is 0 Å². The topological polar surface area (TPSA) is 30.7 Å². The number of nitrogens with zero attached hydrogens (tertiary/aromatic N) is 3. The molecule has 0 amide bonds. The van der Waals surface area contributed by atoms with Crippen molar-refractivity contribution < 1.29 is 0 Å². The zero-order valence-corrected chi connectivity index (χ0v) is 25.4. The lowest BCUT2D eigenvalue weighted by atomic mass is 10.0. The van der Waals surface area contributed by atoms with Crippen molar-refractivity contribution in [1.82, 2.24) is 14.5 Å². The minimum Gasteiger partial charge on any atom is -0.309 e. The molecule has 0 aliphatic carbocycles. The SMILES string of the molecule is c1ccc(-c2nc3ccc4cc(-n5c6cc7ccccc7cc6c6cc7ccccc7cc65)ccc4c3nc2-c2ccccc2)cc1. The van der Waals surface area contributed by atoms with Crippen LogP contribution in [-0.4, -0.2) is 14.5 Å². The third-order valence-electron chi connectivity index (χ3n) is 9.49. The van der Waals surface area contributed by atoms with Crippen LogP contribution >= 0.6 is 0 Å². The van der Waals surface area contributed by atoms with E-state index in [4.69, 9.17) is 9.97 Å². The van der Waals surface area contributed by atoms with Crippen LogP contribution in [0.3, 0.4) is 0 Å². The minimum absolute atomic E-state index is 0.888. The first-order chi connectivity index (χ1) is 23.3. The summed E-state index contributed by atoms with van der Waals surface area (Å²) in [4.78, 5) is 10.6. The number of hydrogen-bond donors (Lipinski definition) is 0. The largest absolute Gasteiger partial charge is 0.309 e. The summed E-state index contributed by atoms with van der Waals surface area (Å²) in [5, 5.41) is 9.71. The molecular weight excluding hydrogens is 571 g/mol. The molecule has 0 fully saturated rings. The van der Waals surface area contributed by atoms with Crippen molar-refractivity contribution in [3.05, 3.63) is 164 Å². The lowest BCUT2D eigenvalue weighted by Gasteiger charge is -2.13. The highest BCUT2D eigenvalue weighted by molar-refractivity contribution is 6.17. The van der Waals surface area contributed by atoms with Crippen LogP contribution in [0.25, 0.3) is 93.4 Å². The highest BCUT2D eigenvalue weighted by Crippen LogP contribution is 2.39. The maximum absolute atomic E-state index is 5.34. The Labute approximate surface area is 271 Å². The molecule has 0 aliphatic rings. The van der Waals surface area contributed by atoms with Crippen molar-refractivity contribution in [3.8, 4) is 28.2 Å². The van der Waals surface area contributed by atoms with E-state index in [2.05, 4.69) is 156 Å². The number of benzene rings is 8. The second kappa shape index (κ2) is 10.1. The molecule has 0 unspecified atom stereocenters. The molecule has 2 aromatic heterocycles. The summed E-state index contributed by atoms with van der Waals surface area (Å²) < 4.78 is 2.42. The molecule has 10 rings (SSSR count). The molecule has 8 aromatic carbocycles. The van der Waals surface area contributed by atoms with Crippen LogP contribution in [0.15, 0.2) is 164 Å². The third-order valence-corrected chi connectivity index (χ3v) is 9.49. The standard InChI is InChI=1S/C44H27N3/c1-3-11-28(12-4-1)42-43(29-13-5-2-6-14-29)46-44-36-21-20-35(23-34(36)19-22-39(44)45-42)47-40-26-32-17-9-7-15-30(32)24-37(40)38-25-31-16-8-10-18-33(31)27-41(38)47/h1-27H. The van der Waals surface area contributed by atoms with Crippen molar-refractivity contribution in [2.24, 2.45) is 0 Å². The van der Waals surface area contributed by atoms with Gasteiger partial charge in [-0.3, -0.25) is 0 Å². The molecule has 10 aromatic rings. The average molecular weight is 598 g/mol. The van der Waals surface area contributed by atoms with Gasteiger partial charge in [0.1, 0.15) is 0 Å². The van der Waals surface area contributed by atoms with Crippen molar-refractivity contribution in [2.45, 2.75) is 0 Å². The summed E-state index contributed by atoms with van der Waals surface area (Å²) >= 11 is 0. The van der Waals surface area contributed by atoms with E-state index in [9.17, 15) is 0 Å². The summed E-state index contributed by atoms with van der Waals surface area (Å²) in [5.74, 6) is 0. The Hall–Kier alpha value is -6.32. The van der Waals surface area contributed by atoms with Gasteiger partial charge in [0.05, 0.1) is 33.5 Å². The van der Waals surface area contributed by atoms with Crippen LogP contribution in [0.5, 0.6) is 0 Å². The maximum atomic E-state index is 5.34. The van der Waals surface area contributed by atoms with Gasteiger partial charge in [-0.05, 0) is 69.4 Å². The lowest BCUT2D eigenvalue weighted by Crippen LogP contribution is -1.97. The molecule has 0 N–H and O–H groups in total. The first-order valence-electron chi connectivity index (χ1n) is 16.0. The van der Waals surface area contributed by atoms with E-state index in [1.165, 1.54) is 43.4 Å². The van der Waals surface area contributed by atoms with E-state index in [0.29, 0.717) is 0 Å². The van der Waals surface area contributed by atoms with Gasteiger partial charge in [-0.2, -0.15) is 0 Å². The van der Waals surface area contributed by atoms with Gasteiger partial charge in [0.15, 0.2) is 0 Å². The van der Waals surface area contributed by atoms with Gasteiger partial charge in [-0.1, -0.05) is 121 Å². The van der Waals surface area contributed by atoms with Crippen LogP contribution < -0.4 is 0 Å². The first kappa shape index (κ1) is 26.0. The van der Waals surface area contributed by atoms with Gasteiger partial charge in [0, 0.05) is 33.0 Å². The van der Waals surface area contributed by atoms with E-state index in [1.54, 1.807) is 0 Å². The van der Waals surface area contributed by atoms with Crippen LogP contribution in [-0.2, 0) is 0 Å². The second-order valence-electron chi connectivity index (χ2n) is 12.3. The summed E-state index contributed by atoms with van der Waals surface area (Å²) in [7, 11) is 0. The first-order valence-corrected chi connectivity index (χ1v) is 16.0. The zero-order valence-electron chi connectivity index (χ0n) is 25.4. The fourth-order valence-corrected chi connectivity index (χ4v) is 7.23. The lowest BCUT2D eigenvalue weighted by molar-refractivity contribution is 1.19. The molecular formula is C44H27N3. The number of hydrogen-bond acceptors (Lipinski definition) is 2. The van der Waals surface area contributed by atoms with Crippen molar-refractivity contribution >= 4 is 65.2 Å². The van der Waals surface area contributed by atoms with Gasteiger partial charge < -0.3 is 4.57 Å². The minimum atomic E-state index is 0.888. The Kier molecular flexibility index (Phi) is 5.57. The predicted molar refractivity (Wildman–Crippen MR) is 197 cm³/mol. The van der Waals surface area contributed by atoms with Crippen LogP contribution in [0.2, 0.25) is 0 Å². The smallest absolute Gasteiger partial charge is 0.0973 e. The molecule has 47 heavy (non-hydrogen) atoms. The number of aromatic nitrogens is 3. The number of rotatable bonds is 3. The maximum Gasteiger partial charge on any atom is 0.0973 e. The zero-order chi connectivity index (χ0) is 30.9. The molecule has 3 nitrogen and oxygen atoms in total. The van der Waals surface area contributed by atoms with Crippen LogP contribution in [0.4, 0.5) is 0 Å². The Morgan fingerprint density at radius 2 is 0.872 bits per heavy atom. The average Bonchev–Trinajstić information content (AvgIpc) is 3.44. The van der Waals surface area contributed by atoms with E-state index in [-0.39, 0.29) is 0 Å². The predicted octanol–water partition coefficient (Wildman–Crippen LogP) is 11.5. The normalized spacial score (nSPS) is 11.8. The molecule has 0 spiro atoms. The Morgan fingerprint density at radius 3 is 1.45 bits per heavy atom. The van der Waals surface area contributed by atoms with Gasteiger partial charge in [0.2, 0.25) is 0 Å². The van der Waals surface area contributed by atoms with Crippen molar-refractivity contribution in [2.75, 3.05) is 0 Å². The van der Waals surface area contributed by atoms with E-state index in [1.807, 2.05) is 12.1 Å². The molecule has 0 bridgehead atoms. The molecule has 0 radical (unpaired) electrons. The van der Waals surface area contributed by atoms with Crippen molar-refractivity contribution in [3.63, 3.8) is 0 Å². The molecule has 218 valence electrons. The van der Waals surface area contributed by atoms with E-state index in [0.717, 1.165) is 50.0 Å². The summed E-state index contributed by atoms with van der Waals surface area (Å²) in [6.45, 7) is 0. The Balaban J connectivity index is 1.24. The monoisotopic (exact) mass is 597 g/mol. The molecule has 0 saturated carbocycles. The third kappa shape index (κ3) is 4.07. The molecule has 0 saturated heterocycles. The van der Waals surface area contributed by atoms with Gasteiger partial charge >= 0.3 is 0 Å². The summed E-state index contributed by atoms with van der Waals surface area (Å²) in [6.07, 6.45) is 0. The molecule has 0 atom stereocenters. The molecule has 3 heteroatoms.